The van der Waals surface area contributed by atoms with E-state index in [2.05, 4.69) is 5.10 Å². The van der Waals surface area contributed by atoms with Crippen LogP contribution in [-0.4, -0.2) is 19.3 Å². The third-order valence-electron chi connectivity index (χ3n) is 4.48. The van der Waals surface area contributed by atoms with Crippen molar-refractivity contribution in [3.05, 3.63) is 70.3 Å². The number of hydrogen-bond acceptors (Lipinski definition) is 2. The topological polar surface area (TPSA) is 35.6 Å². The van der Waals surface area contributed by atoms with Crippen molar-refractivity contribution in [2.45, 2.75) is 13.0 Å². The van der Waals surface area contributed by atoms with Crippen LogP contribution in [0.25, 0.3) is 22.3 Å². The van der Waals surface area contributed by atoms with E-state index in [4.69, 9.17) is 28.2 Å². The summed E-state index contributed by atoms with van der Waals surface area (Å²) >= 11 is 12.5. The molecular formula is C19H15Cl2FN4. The van der Waals surface area contributed by atoms with E-state index in [1.807, 2.05) is 49.1 Å². The fourth-order valence-electron chi connectivity index (χ4n) is 3.12. The number of hydrogen-bond donors (Lipinski definition) is 0. The molecule has 132 valence electrons. The first-order chi connectivity index (χ1) is 12.5. The van der Waals surface area contributed by atoms with E-state index in [1.165, 1.54) is 12.1 Å². The second kappa shape index (κ2) is 6.41. The molecule has 0 N–H and O–H groups in total. The highest BCUT2D eigenvalue weighted by atomic mass is 35.5. The normalized spacial score (nSPS) is 12.7. The van der Waals surface area contributed by atoms with E-state index < -0.39 is 5.82 Å². The molecule has 4 aromatic rings. The molecule has 0 amide bonds. The minimum atomic E-state index is -0.488. The third kappa shape index (κ3) is 2.77. The van der Waals surface area contributed by atoms with Crippen LogP contribution in [0.4, 0.5) is 4.39 Å². The van der Waals surface area contributed by atoms with Crippen molar-refractivity contribution < 1.29 is 4.39 Å². The van der Waals surface area contributed by atoms with Crippen molar-refractivity contribution in [1.82, 2.24) is 19.3 Å². The lowest BCUT2D eigenvalue weighted by Crippen LogP contribution is -2.08. The van der Waals surface area contributed by atoms with Gasteiger partial charge in [-0.2, -0.15) is 5.10 Å². The Balaban J connectivity index is 1.86. The Kier molecular flexibility index (Phi) is 4.21. The number of nitrogens with zero attached hydrogens (tertiary/aromatic N) is 4. The molecule has 0 radical (unpaired) electrons. The van der Waals surface area contributed by atoms with Gasteiger partial charge in [-0.25, -0.2) is 9.37 Å². The molecule has 1 atom stereocenters. The van der Waals surface area contributed by atoms with Gasteiger partial charge in [0.25, 0.3) is 0 Å². The second-order valence-corrected chi connectivity index (χ2v) is 6.95. The standard InChI is InChI=1S/C19H15Cl2FN4/c1-11(17-14(20)4-5-15(22)18(17)21)26-8-7-12-3-6-16(24-19(12)26)13-9-23-25(2)10-13/h3-11H,1-2H3/t11-/m1/s1. The van der Waals surface area contributed by atoms with Gasteiger partial charge >= 0.3 is 0 Å². The van der Waals surface area contributed by atoms with Crippen LogP contribution in [0.3, 0.4) is 0 Å². The Bertz CT molecular complexity index is 1120. The van der Waals surface area contributed by atoms with E-state index in [1.54, 1.807) is 10.9 Å². The summed E-state index contributed by atoms with van der Waals surface area (Å²) in [5.74, 6) is -0.488. The number of aromatic nitrogens is 4. The first kappa shape index (κ1) is 17.1. The van der Waals surface area contributed by atoms with Crippen LogP contribution in [0.5, 0.6) is 0 Å². The lowest BCUT2D eigenvalue weighted by Gasteiger charge is -2.18. The molecular weight excluding hydrogens is 374 g/mol. The average Bonchev–Trinajstić information content (AvgIpc) is 3.24. The van der Waals surface area contributed by atoms with E-state index in [-0.39, 0.29) is 11.1 Å². The van der Waals surface area contributed by atoms with Gasteiger partial charge in [0.1, 0.15) is 11.5 Å². The highest BCUT2D eigenvalue weighted by Gasteiger charge is 2.20. The predicted octanol–water partition coefficient (Wildman–Crippen LogP) is 5.49. The number of aryl methyl sites for hydroxylation is 1. The van der Waals surface area contributed by atoms with Gasteiger partial charge in [-0.1, -0.05) is 23.2 Å². The Morgan fingerprint density at radius 2 is 1.92 bits per heavy atom. The van der Waals surface area contributed by atoms with Gasteiger partial charge in [-0.15, -0.1) is 0 Å². The summed E-state index contributed by atoms with van der Waals surface area (Å²) in [5, 5.41) is 5.63. The number of benzene rings is 1. The van der Waals surface area contributed by atoms with Crippen LogP contribution in [0.2, 0.25) is 10.0 Å². The number of pyridine rings is 1. The van der Waals surface area contributed by atoms with Crippen molar-refractivity contribution in [1.29, 1.82) is 0 Å². The fourth-order valence-corrected chi connectivity index (χ4v) is 3.81. The molecule has 0 bridgehead atoms. The van der Waals surface area contributed by atoms with Gasteiger partial charge in [0.2, 0.25) is 0 Å². The van der Waals surface area contributed by atoms with E-state index >= 15 is 0 Å². The molecule has 4 rings (SSSR count). The third-order valence-corrected chi connectivity index (χ3v) is 5.19. The van der Waals surface area contributed by atoms with E-state index in [0.717, 1.165) is 22.3 Å². The largest absolute Gasteiger partial charge is 0.325 e. The summed E-state index contributed by atoms with van der Waals surface area (Å²) in [6, 6.07) is 8.44. The summed E-state index contributed by atoms with van der Waals surface area (Å²) in [5.41, 5.74) is 3.06. The smallest absolute Gasteiger partial charge is 0.142 e. The summed E-state index contributed by atoms with van der Waals surface area (Å²) < 4.78 is 17.6. The molecule has 0 unspecified atom stereocenters. The average molecular weight is 389 g/mol. The molecule has 0 saturated heterocycles. The summed E-state index contributed by atoms with van der Waals surface area (Å²) in [7, 11) is 1.86. The van der Waals surface area contributed by atoms with Crippen LogP contribution in [0, 0.1) is 5.82 Å². The molecule has 26 heavy (non-hydrogen) atoms. The molecule has 3 aromatic heterocycles. The molecule has 0 aliphatic carbocycles. The van der Waals surface area contributed by atoms with Crippen LogP contribution in [0.1, 0.15) is 18.5 Å². The van der Waals surface area contributed by atoms with Gasteiger partial charge in [0, 0.05) is 41.0 Å². The summed E-state index contributed by atoms with van der Waals surface area (Å²) in [6.45, 7) is 1.92. The van der Waals surface area contributed by atoms with Crippen molar-refractivity contribution in [2.75, 3.05) is 0 Å². The minimum Gasteiger partial charge on any atom is -0.325 e. The Hall–Kier alpha value is -2.37. The highest BCUT2D eigenvalue weighted by molar-refractivity contribution is 6.36. The van der Waals surface area contributed by atoms with Gasteiger partial charge < -0.3 is 4.57 Å². The van der Waals surface area contributed by atoms with Gasteiger partial charge in [0.15, 0.2) is 0 Å². The monoisotopic (exact) mass is 388 g/mol. The van der Waals surface area contributed by atoms with Gasteiger partial charge in [0.05, 0.1) is 23.0 Å². The zero-order chi connectivity index (χ0) is 18.4. The maximum absolute atomic E-state index is 13.9. The Labute approximate surface area is 159 Å². The SMILES string of the molecule is C[C@H](c1c(Cl)ccc(F)c1Cl)n1ccc2ccc(-c3cnn(C)c3)nc21. The molecule has 0 aliphatic rings. The number of halogens is 3. The highest BCUT2D eigenvalue weighted by Crippen LogP contribution is 2.36. The second-order valence-electron chi connectivity index (χ2n) is 6.17. The molecule has 4 nitrogen and oxygen atoms in total. The lowest BCUT2D eigenvalue weighted by molar-refractivity contribution is 0.611. The van der Waals surface area contributed by atoms with Crippen LogP contribution in [-0.2, 0) is 7.05 Å². The van der Waals surface area contributed by atoms with Gasteiger partial charge in [-0.05, 0) is 37.3 Å². The number of fused-ring (bicyclic) bond motifs is 1. The Morgan fingerprint density at radius 3 is 2.65 bits per heavy atom. The van der Waals surface area contributed by atoms with Crippen molar-refractivity contribution in [3.8, 4) is 11.3 Å². The molecule has 0 aliphatic heterocycles. The molecule has 0 saturated carbocycles. The van der Waals surface area contributed by atoms with Crippen LogP contribution >= 0.6 is 23.2 Å². The Morgan fingerprint density at radius 1 is 1.12 bits per heavy atom. The van der Waals surface area contributed by atoms with Crippen molar-refractivity contribution >= 4 is 34.2 Å². The van der Waals surface area contributed by atoms with E-state index in [9.17, 15) is 4.39 Å². The molecule has 7 heteroatoms. The summed E-state index contributed by atoms with van der Waals surface area (Å²) in [4.78, 5) is 4.78. The van der Waals surface area contributed by atoms with Gasteiger partial charge in [-0.3, -0.25) is 4.68 Å². The molecule has 0 spiro atoms. The maximum atomic E-state index is 13.9. The van der Waals surface area contributed by atoms with Crippen LogP contribution < -0.4 is 0 Å². The molecule has 3 heterocycles. The lowest BCUT2D eigenvalue weighted by atomic mass is 10.1. The zero-order valence-corrected chi connectivity index (χ0v) is 15.6. The van der Waals surface area contributed by atoms with Crippen LogP contribution in [0.15, 0.2) is 48.9 Å². The van der Waals surface area contributed by atoms with E-state index in [0.29, 0.717) is 10.6 Å². The number of rotatable bonds is 3. The molecule has 0 fully saturated rings. The minimum absolute atomic E-state index is 0.0373. The zero-order valence-electron chi connectivity index (χ0n) is 14.1. The predicted molar refractivity (Wildman–Crippen MR) is 102 cm³/mol. The maximum Gasteiger partial charge on any atom is 0.142 e. The quantitative estimate of drug-likeness (QED) is 0.434. The fraction of sp³-hybridized carbons (Fsp3) is 0.158. The van der Waals surface area contributed by atoms with Crippen molar-refractivity contribution in [2.24, 2.45) is 7.05 Å². The van der Waals surface area contributed by atoms with Crippen molar-refractivity contribution in [3.63, 3.8) is 0 Å². The first-order valence-corrected chi connectivity index (χ1v) is 8.81. The molecule has 1 aromatic carbocycles. The summed E-state index contributed by atoms with van der Waals surface area (Å²) in [6.07, 6.45) is 5.59. The first-order valence-electron chi connectivity index (χ1n) is 8.05.